The number of hydrogen-bond donors (Lipinski definition) is 0. The summed E-state index contributed by atoms with van der Waals surface area (Å²) in [5.41, 5.74) is 0.115. The molecule has 3 nitrogen and oxygen atoms in total. The quantitative estimate of drug-likeness (QED) is 0.377. The summed E-state index contributed by atoms with van der Waals surface area (Å²) in [6.07, 6.45) is 2.99. The van der Waals surface area contributed by atoms with E-state index < -0.39 is 0 Å². The van der Waals surface area contributed by atoms with E-state index in [2.05, 4.69) is 6.58 Å². The van der Waals surface area contributed by atoms with Gasteiger partial charge in [-0.1, -0.05) is 6.58 Å². The molecule has 0 aromatic heterocycles. The molecule has 0 heterocycles. The third-order valence-corrected chi connectivity index (χ3v) is 2.58. The monoisotopic (exact) mass is 183 g/mol. The van der Waals surface area contributed by atoms with E-state index in [1.165, 1.54) is 0 Å². The van der Waals surface area contributed by atoms with Crippen LogP contribution < -0.4 is 0 Å². The zero-order chi connectivity index (χ0) is 10.1. The summed E-state index contributed by atoms with van der Waals surface area (Å²) in [4.78, 5) is 13.3. The molecule has 0 radical (unpaired) electrons. The van der Waals surface area contributed by atoms with Crippen LogP contribution in [0.25, 0.3) is 0 Å². The molecule has 0 saturated heterocycles. The van der Waals surface area contributed by atoms with Crippen LogP contribution in [0, 0.1) is 0 Å². The zero-order valence-electron chi connectivity index (χ0n) is 8.59. The van der Waals surface area contributed by atoms with Crippen molar-refractivity contribution in [3.05, 3.63) is 12.2 Å². The summed E-state index contributed by atoms with van der Waals surface area (Å²) in [5, 5.41) is 0. The lowest BCUT2D eigenvalue weighted by molar-refractivity contribution is -0.195. The van der Waals surface area contributed by atoms with Crippen molar-refractivity contribution in [1.29, 1.82) is 0 Å². The van der Waals surface area contributed by atoms with Gasteiger partial charge in [0.15, 0.2) is 5.72 Å². The van der Waals surface area contributed by atoms with E-state index in [-0.39, 0.29) is 11.7 Å². The smallest absolute Gasteiger partial charge is 0.334 e. The van der Waals surface area contributed by atoms with Crippen molar-refractivity contribution in [3.8, 4) is 0 Å². The molecular formula is C10H17NO2. The summed E-state index contributed by atoms with van der Waals surface area (Å²) in [6.45, 7) is 5.23. The average Bonchev–Trinajstić information content (AvgIpc) is 1.95. The van der Waals surface area contributed by atoms with E-state index in [1.54, 1.807) is 6.92 Å². The van der Waals surface area contributed by atoms with Crippen LogP contribution in [-0.2, 0) is 9.53 Å². The Kier molecular flexibility index (Phi) is 2.76. The molecular weight excluding hydrogens is 166 g/mol. The SMILES string of the molecule is C=C(C)C(=O)OC1(N(C)C)CCC1. The van der Waals surface area contributed by atoms with Crippen molar-refractivity contribution in [1.82, 2.24) is 4.90 Å². The lowest BCUT2D eigenvalue weighted by Gasteiger charge is -2.45. The van der Waals surface area contributed by atoms with E-state index in [1.807, 2.05) is 19.0 Å². The summed E-state index contributed by atoms with van der Waals surface area (Å²) in [7, 11) is 3.87. The summed E-state index contributed by atoms with van der Waals surface area (Å²) in [6, 6.07) is 0. The van der Waals surface area contributed by atoms with Gasteiger partial charge in [-0.25, -0.2) is 4.79 Å². The molecule has 0 aliphatic heterocycles. The van der Waals surface area contributed by atoms with Crippen molar-refractivity contribution >= 4 is 5.97 Å². The topological polar surface area (TPSA) is 29.5 Å². The number of esters is 1. The van der Waals surface area contributed by atoms with E-state index in [9.17, 15) is 4.79 Å². The van der Waals surface area contributed by atoms with Gasteiger partial charge in [0.1, 0.15) is 0 Å². The lowest BCUT2D eigenvalue weighted by Crippen LogP contribution is -2.53. The molecule has 0 amide bonds. The van der Waals surface area contributed by atoms with Crippen LogP contribution in [0.2, 0.25) is 0 Å². The van der Waals surface area contributed by atoms with Gasteiger partial charge in [-0.15, -0.1) is 0 Å². The van der Waals surface area contributed by atoms with E-state index >= 15 is 0 Å². The Bertz CT molecular complexity index is 229. The molecule has 13 heavy (non-hydrogen) atoms. The van der Waals surface area contributed by atoms with Crippen LogP contribution in [0.3, 0.4) is 0 Å². The maximum atomic E-state index is 11.3. The lowest BCUT2D eigenvalue weighted by atomic mass is 9.87. The molecule has 0 bridgehead atoms. The summed E-state index contributed by atoms with van der Waals surface area (Å²) in [5.74, 6) is -0.284. The predicted octanol–water partition coefficient (Wildman–Crippen LogP) is 1.55. The van der Waals surface area contributed by atoms with Crippen LogP contribution in [0.5, 0.6) is 0 Å². The Hall–Kier alpha value is -0.830. The third-order valence-electron chi connectivity index (χ3n) is 2.58. The Morgan fingerprint density at radius 1 is 1.46 bits per heavy atom. The van der Waals surface area contributed by atoms with Crippen molar-refractivity contribution in [2.24, 2.45) is 0 Å². The second-order valence-corrected chi connectivity index (χ2v) is 3.86. The minimum absolute atomic E-state index is 0.284. The molecule has 3 heteroatoms. The van der Waals surface area contributed by atoms with Crippen molar-refractivity contribution in [2.75, 3.05) is 14.1 Å². The molecule has 0 aromatic rings. The molecule has 0 aromatic carbocycles. The van der Waals surface area contributed by atoms with Gasteiger partial charge in [0.05, 0.1) is 0 Å². The van der Waals surface area contributed by atoms with E-state index in [0.717, 1.165) is 19.3 Å². The van der Waals surface area contributed by atoms with Gasteiger partial charge in [-0.2, -0.15) is 0 Å². The van der Waals surface area contributed by atoms with Gasteiger partial charge in [-0.05, 0) is 27.4 Å². The molecule has 74 valence electrons. The third kappa shape index (κ3) is 1.91. The van der Waals surface area contributed by atoms with Crippen LogP contribution >= 0.6 is 0 Å². The average molecular weight is 183 g/mol. The Balaban J connectivity index is 2.59. The van der Waals surface area contributed by atoms with Crippen molar-refractivity contribution in [2.45, 2.75) is 31.9 Å². The number of hydrogen-bond acceptors (Lipinski definition) is 3. The van der Waals surface area contributed by atoms with E-state index in [0.29, 0.717) is 5.57 Å². The highest BCUT2D eigenvalue weighted by Gasteiger charge is 2.43. The highest BCUT2D eigenvalue weighted by Crippen LogP contribution is 2.37. The zero-order valence-corrected chi connectivity index (χ0v) is 8.59. The molecule has 1 rings (SSSR count). The standard InChI is InChI=1S/C10H17NO2/c1-8(2)9(12)13-10(11(3)4)6-5-7-10/h1,5-7H2,2-4H3. The maximum Gasteiger partial charge on any atom is 0.334 e. The highest BCUT2D eigenvalue weighted by atomic mass is 16.6. The first-order chi connectivity index (χ1) is 5.98. The molecule has 1 aliphatic carbocycles. The predicted molar refractivity (Wildman–Crippen MR) is 51.2 cm³/mol. The highest BCUT2D eigenvalue weighted by molar-refractivity contribution is 5.87. The number of ether oxygens (including phenoxy) is 1. The summed E-state index contributed by atoms with van der Waals surface area (Å²) < 4.78 is 5.38. The van der Waals surface area contributed by atoms with Gasteiger partial charge in [-0.3, -0.25) is 4.90 Å². The number of carbonyl (C=O) groups is 1. The first-order valence-electron chi connectivity index (χ1n) is 4.54. The molecule has 1 saturated carbocycles. The van der Waals surface area contributed by atoms with Crippen LogP contribution in [0.1, 0.15) is 26.2 Å². The van der Waals surface area contributed by atoms with Gasteiger partial charge in [0.2, 0.25) is 0 Å². The van der Waals surface area contributed by atoms with Gasteiger partial charge in [0.25, 0.3) is 0 Å². The Morgan fingerprint density at radius 3 is 2.23 bits per heavy atom. The number of rotatable bonds is 3. The van der Waals surface area contributed by atoms with Crippen LogP contribution in [0.15, 0.2) is 12.2 Å². The molecule has 1 fully saturated rings. The fourth-order valence-corrected chi connectivity index (χ4v) is 1.38. The maximum absolute atomic E-state index is 11.3. The minimum Gasteiger partial charge on any atom is -0.440 e. The van der Waals surface area contributed by atoms with Crippen LogP contribution in [0.4, 0.5) is 0 Å². The molecule has 1 aliphatic rings. The van der Waals surface area contributed by atoms with Gasteiger partial charge in [0, 0.05) is 18.4 Å². The Labute approximate surface area is 79.4 Å². The van der Waals surface area contributed by atoms with Gasteiger partial charge < -0.3 is 4.74 Å². The normalized spacial score (nSPS) is 19.4. The van der Waals surface area contributed by atoms with Crippen LogP contribution in [-0.4, -0.2) is 30.7 Å². The van der Waals surface area contributed by atoms with Gasteiger partial charge >= 0.3 is 5.97 Å². The van der Waals surface area contributed by atoms with Crippen molar-refractivity contribution < 1.29 is 9.53 Å². The summed E-state index contributed by atoms with van der Waals surface area (Å²) >= 11 is 0. The fourth-order valence-electron chi connectivity index (χ4n) is 1.38. The molecule has 0 N–H and O–H groups in total. The molecule has 0 atom stereocenters. The molecule has 0 unspecified atom stereocenters. The van der Waals surface area contributed by atoms with E-state index in [4.69, 9.17) is 4.74 Å². The Morgan fingerprint density at radius 2 is 2.00 bits per heavy atom. The first-order valence-corrected chi connectivity index (χ1v) is 4.54. The number of carbonyl (C=O) groups excluding carboxylic acids is 1. The molecule has 0 spiro atoms. The number of nitrogens with zero attached hydrogens (tertiary/aromatic N) is 1. The fraction of sp³-hybridized carbons (Fsp3) is 0.700. The van der Waals surface area contributed by atoms with Crippen molar-refractivity contribution in [3.63, 3.8) is 0 Å². The second kappa shape index (κ2) is 3.50. The largest absolute Gasteiger partial charge is 0.440 e. The minimum atomic E-state index is -0.351. The second-order valence-electron chi connectivity index (χ2n) is 3.86. The first kappa shape index (κ1) is 10.3.